The Morgan fingerprint density at radius 3 is 2.71 bits per heavy atom. The molecule has 3 N–H and O–H groups in total. The molecule has 0 spiro atoms. The fourth-order valence-corrected chi connectivity index (χ4v) is 1.35. The van der Waals surface area contributed by atoms with E-state index in [1.54, 1.807) is 12.3 Å². The van der Waals surface area contributed by atoms with Crippen molar-refractivity contribution < 1.29 is 4.79 Å². The van der Waals surface area contributed by atoms with Crippen molar-refractivity contribution in [2.45, 2.75) is 34.2 Å². The molecule has 0 aliphatic heterocycles. The molecule has 1 heterocycles. The zero-order valence-corrected chi connectivity index (χ0v) is 10.9. The third-order valence-electron chi connectivity index (χ3n) is 3.03. The molecule has 1 atom stereocenters. The molecule has 1 aromatic rings. The first-order valence-corrected chi connectivity index (χ1v) is 5.81. The smallest absolute Gasteiger partial charge is 0.227 e. The van der Waals surface area contributed by atoms with Crippen LogP contribution < -0.4 is 11.1 Å². The van der Waals surface area contributed by atoms with Crippen LogP contribution in [0.15, 0.2) is 18.3 Å². The van der Waals surface area contributed by atoms with Gasteiger partial charge in [0.25, 0.3) is 0 Å². The van der Waals surface area contributed by atoms with E-state index in [-0.39, 0.29) is 17.2 Å². The molecule has 0 bridgehead atoms. The third kappa shape index (κ3) is 3.53. The van der Waals surface area contributed by atoms with E-state index < -0.39 is 0 Å². The summed E-state index contributed by atoms with van der Waals surface area (Å²) in [4.78, 5) is 16.2. The minimum atomic E-state index is -0.0756. The Bertz CT molecular complexity index is 396. The number of amides is 1. The predicted octanol–water partition coefficient (Wildman–Crippen LogP) is 2.16. The summed E-state index contributed by atoms with van der Waals surface area (Å²) in [6, 6.07) is 3.61. The van der Waals surface area contributed by atoms with Gasteiger partial charge in [-0.2, -0.15) is 0 Å². The lowest BCUT2D eigenvalue weighted by Crippen LogP contribution is -2.31. The van der Waals surface area contributed by atoms with E-state index in [1.165, 1.54) is 0 Å². The van der Waals surface area contributed by atoms with Crippen molar-refractivity contribution >= 4 is 11.6 Å². The topological polar surface area (TPSA) is 68.0 Å². The van der Waals surface area contributed by atoms with Crippen LogP contribution in [-0.2, 0) is 11.3 Å². The standard InChI is InChI=1S/C13H21N3O/c1-9(13(2,3)4)12(17)16-10-6-5-7-15-11(10)8-14/h5-7,9H,8,14H2,1-4H3,(H,16,17). The highest BCUT2D eigenvalue weighted by Gasteiger charge is 2.27. The lowest BCUT2D eigenvalue weighted by atomic mass is 9.81. The van der Waals surface area contributed by atoms with E-state index in [4.69, 9.17) is 5.73 Å². The average molecular weight is 235 g/mol. The number of anilines is 1. The Hall–Kier alpha value is -1.42. The highest BCUT2D eigenvalue weighted by Crippen LogP contribution is 2.26. The van der Waals surface area contributed by atoms with Crippen LogP contribution >= 0.6 is 0 Å². The van der Waals surface area contributed by atoms with Gasteiger partial charge in [0.2, 0.25) is 5.91 Å². The Kier molecular flexibility index (Phi) is 4.23. The van der Waals surface area contributed by atoms with Crippen molar-refractivity contribution in [1.82, 2.24) is 4.98 Å². The Balaban J connectivity index is 2.81. The monoisotopic (exact) mass is 235 g/mol. The van der Waals surface area contributed by atoms with Gasteiger partial charge in [-0.25, -0.2) is 0 Å². The van der Waals surface area contributed by atoms with Crippen molar-refractivity contribution in [3.63, 3.8) is 0 Å². The lowest BCUT2D eigenvalue weighted by Gasteiger charge is -2.26. The molecule has 0 aliphatic carbocycles. The molecule has 0 saturated heterocycles. The quantitative estimate of drug-likeness (QED) is 0.843. The van der Waals surface area contributed by atoms with Crippen molar-refractivity contribution in [3.05, 3.63) is 24.0 Å². The lowest BCUT2D eigenvalue weighted by molar-refractivity contribution is -0.122. The number of pyridine rings is 1. The molecule has 0 saturated carbocycles. The van der Waals surface area contributed by atoms with Gasteiger partial charge in [-0.05, 0) is 17.5 Å². The van der Waals surface area contributed by atoms with Gasteiger partial charge in [-0.3, -0.25) is 9.78 Å². The van der Waals surface area contributed by atoms with Gasteiger partial charge >= 0.3 is 0 Å². The number of nitrogens with one attached hydrogen (secondary N) is 1. The van der Waals surface area contributed by atoms with Crippen molar-refractivity contribution in [2.75, 3.05) is 5.32 Å². The van der Waals surface area contributed by atoms with Crippen molar-refractivity contribution in [2.24, 2.45) is 17.1 Å². The number of rotatable bonds is 3. The minimum absolute atomic E-state index is 0.000185. The minimum Gasteiger partial charge on any atom is -0.325 e. The maximum Gasteiger partial charge on any atom is 0.227 e. The van der Waals surface area contributed by atoms with Gasteiger partial charge in [0.1, 0.15) is 0 Å². The molecule has 0 fully saturated rings. The number of nitrogens with zero attached hydrogens (tertiary/aromatic N) is 1. The highest BCUT2D eigenvalue weighted by atomic mass is 16.1. The van der Waals surface area contributed by atoms with E-state index in [0.29, 0.717) is 17.9 Å². The second kappa shape index (κ2) is 5.27. The molecular weight excluding hydrogens is 214 g/mol. The molecule has 4 heteroatoms. The highest BCUT2D eigenvalue weighted by molar-refractivity contribution is 5.93. The first-order valence-electron chi connectivity index (χ1n) is 5.81. The molecule has 94 valence electrons. The zero-order valence-electron chi connectivity index (χ0n) is 10.9. The molecule has 0 radical (unpaired) electrons. The number of carbonyl (C=O) groups excluding carboxylic acids is 1. The van der Waals surface area contributed by atoms with Crippen LogP contribution in [0.5, 0.6) is 0 Å². The summed E-state index contributed by atoms with van der Waals surface area (Å²) < 4.78 is 0. The molecule has 1 aromatic heterocycles. The summed E-state index contributed by atoms with van der Waals surface area (Å²) in [5.41, 5.74) is 6.93. The van der Waals surface area contributed by atoms with Crippen LogP contribution in [0.2, 0.25) is 0 Å². The molecule has 0 aromatic carbocycles. The van der Waals surface area contributed by atoms with Crippen LogP contribution in [0.3, 0.4) is 0 Å². The zero-order chi connectivity index (χ0) is 13.1. The molecule has 1 amide bonds. The van der Waals surface area contributed by atoms with E-state index in [9.17, 15) is 4.79 Å². The first-order chi connectivity index (χ1) is 7.86. The SMILES string of the molecule is CC(C(=O)Nc1cccnc1CN)C(C)(C)C. The number of carbonyl (C=O) groups is 1. The number of hydrogen-bond acceptors (Lipinski definition) is 3. The molecule has 17 heavy (non-hydrogen) atoms. The van der Waals surface area contributed by atoms with Crippen LogP contribution in [0.25, 0.3) is 0 Å². The second-order valence-corrected chi connectivity index (χ2v) is 5.28. The summed E-state index contributed by atoms with van der Waals surface area (Å²) in [5, 5.41) is 2.89. The normalized spacial score (nSPS) is 13.2. The number of hydrogen-bond donors (Lipinski definition) is 2. The second-order valence-electron chi connectivity index (χ2n) is 5.28. The largest absolute Gasteiger partial charge is 0.325 e. The van der Waals surface area contributed by atoms with E-state index in [2.05, 4.69) is 10.3 Å². The van der Waals surface area contributed by atoms with Crippen LogP contribution in [-0.4, -0.2) is 10.9 Å². The van der Waals surface area contributed by atoms with Gasteiger partial charge in [-0.15, -0.1) is 0 Å². The maximum absolute atomic E-state index is 12.0. The van der Waals surface area contributed by atoms with Crippen LogP contribution in [0.4, 0.5) is 5.69 Å². The van der Waals surface area contributed by atoms with Crippen molar-refractivity contribution in [1.29, 1.82) is 0 Å². The summed E-state index contributed by atoms with van der Waals surface area (Å²) in [6.45, 7) is 8.38. The van der Waals surface area contributed by atoms with Gasteiger partial charge in [0, 0.05) is 18.7 Å². The fourth-order valence-electron chi connectivity index (χ4n) is 1.35. The van der Waals surface area contributed by atoms with E-state index in [1.807, 2.05) is 33.8 Å². The molecule has 4 nitrogen and oxygen atoms in total. The van der Waals surface area contributed by atoms with Gasteiger partial charge in [0.05, 0.1) is 11.4 Å². The van der Waals surface area contributed by atoms with E-state index >= 15 is 0 Å². The number of aromatic nitrogens is 1. The van der Waals surface area contributed by atoms with Crippen LogP contribution in [0.1, 0.15) is 33.4 Å². The van der Waals surface area contributed by atoms with Gasteiger partial charge in [0.15, 0.2) is 0 Å². The average Bonchev–Trinajstić information content (AvgIpc) is 2.27. The summed E-state index contributed by atoms with van der Waals surface area (Å²) >= 11 is 0. The molecule has 1 unspecified atom stereocenters. The predicted molar refractivity (Wildman–Crippen MR) is 69.4 cm³/mol. The first kappa shape index (κ1) is 13.6. The van der Waals surface area contributed by atoms with Crippen LogP contribution in [0, 0.1) is 11.3 Å². The van der Waals surface area contributed by atoms with E-state index in [0.717, 1.165) is 0 Å². The molecule has 1 rings (SSSR count). The van der Waals surface area contributed by atoms with Gasteiger partial charge < -0.3 is 11.1 Å². The maximum atomic E-state index is 12.0. The molecule has 0 aliphatic rings. The van der Waals surface area contributed by atoms with Crippen molar-refractivity contribution in [3.8, 4) is 0 Å². The van der Waals surface area contributed by atoms with Gasteiger partial charge in [-0.1, -0.05) is 27.7 Å². The Labute approximate surface area is 103 Å². The Morgan fingerprint density at radius 2 is 2.18 bits per heavy atom. The summed E-state index contributed by atoms with van der Waals surface area (Å²) in [7, 11) is 0. The molecular formula is C13H21N3O. The number of nitrogens with two attached hydrogens (primary N) is 1. The summed E-state index contributed by atoms with van der Waals surface area (Å²) in [6.07, 6.45) is 1.67. The Morgan fingerprint density at radius 1 is 1.53 bits per heavy atom. The third-order valence-corrected chi connectivity index (χ3v) is 3.03. The fraction of sp³-hybridized carbons (Fsp3) is 0.538. The summed E-state index contributed by atoms with van der Waals surface area (Å²) in [5.74, 6) is -0.0754.